The molecule has 0 aliphatic carbocycles. The molecule has 1 unspecified atom stereocenters. The Morgan fingerprint density at radius 1 is 1.45 bits per heavy atom. The summed E-state index contributed by atoms with van der Waals surface area (Å²) in [6.45, 7) is 1.98. The summed E-state index contributed by atoms with van der Waals surface area (Å²) >= 11 is 0. The van der Waals surface area contributed by atoms with Gasteiger partial charge in [0.2, 0.25) is 5.43 Å². The standard InChI is InChI=1S/C12H14N2O6/c1-2-3-14-7(15)5-13-4-6(12(19)20)9(16)10(17)8(13)11(14)18/h4,7,15,17H,2-3,5H2,1H3,(H,19,20). The van der Waals surface area contributed by atoms with Crippen molar-refractivity contribution in [2.45, 2.75) is 26.1 Å². The lowest BCUT2D eigenvalue weighted by Crippen LogP contribution is -2.49. The van der Waals surface area contributed by atoms with Crippen molar-refractivity contribution in [1.82, 2.24) is 9.47 Å². The van der Waals surface area contributed by atoms with E-state index in [1.54, 1.807) is 0 Å². The Bertz CT molecular complexity index is 636. The molecule has 1 aliphatic rings. The Balaban J connectivity index is 2.62. The minimum Gasteiger partial charge on any atom is -0.503 e. The second-order valence-electron chi connectivity index (χ2n) is 4.51. The number of nitrogens with zero attached hydrogens (tertiary/aromatic N) is 2. The average molecular weight is 282 g/mol. The third-order valence-electron chi connectivity index (χ3n) is 3.13. The van der Waals surface area contributed by atoms with Crippen molar-refractivity contribution < 1.29 is 24.9 Å². The Labute approximate surface area is 113 Å². The molecule has 0 saturated carbocycles. The summed E-state index contributed by atoms with van der Waals surface area (Å²) in [6, 6.07) is 0. The van der Waals surface area contributed by atoms with Crippen LogP contribution in [0.2, 0.25) is 0 Å². The number of fused-ring (bicyclic) bond motifs is 1. The molecule has 3 N–H and O–H groups in total. The van der Waals surface area contributed by atoms with Gasteiger partial charge in [-0.2, -0.15) is 0 Å². The first-order valence-corrected chi connectivity index (χ1v) is 6.07. The number of aromatic carboxylic acids is 1. The van der Waals surface area contributed by atoms with Crippen molar-refractivity contribution in [2.24, 2.45) is 0 Å². The third-order valence-corrected chi connectivity index (χ3v) is 3.13. The number of pyridine rings is 1. The van der Waals surface area contributed by atoms with Crippen LogP contribution in [-0.2, 0) is 6.54 Å². The van der Waals surface area contributed by atoms with Crippen LogP contribution >= 0.6 is 0 Å². The number of carboxylic acids is 1. The van der Waals surface area contributed by atoms with E-state index in [4.69, 9.17) is 5.11 Å². The van der Waals surface area contributed by atoms with Gasteiger partial charge in [-0.3, -0.25) is 9.59 Å². The number of hydrogen-bond donors (Lipinski definition) is 3. The van der Waals surface area contributed by atoms with Crippen LogP contribution in [0.5, 0.6) is 5.75 Å². The van der Waals surface area contributed by atoms with E-state index in [0.29, 0.717) is 6.42 Å². The number of carboxylic acid groups (broad SMARTS) is 1. The maximum atomic E-state index is 12.2. The van der Waals surface area contributed by atoms with E-state index in [1.165, 1.54) is 0 Å². The number of aromatic hydroxyl groups is 1. The molecule has 1 atom stereocenters. The van der Waals surface area contributed by atoms with Crippen molar-refractivity contribution in [3.05, 3.63) is 27.7 Å². The first kappa shape index (κ1) is 14.1. The van der Waals surface area contributed by atoms with Gasteiger partial charge < -0.3 is 24.8 Å². The van der Waals surface area contributed by atoms with Crippen LogP contribution in [-0.4, -0.2) is 49.4 Å². The van der Waals surface area contributed by atoms with Crippen molar-refractivity contribution in [3.8, 4) is 5.75 Å². The van der Waals surface area contributed by atoms with E-state index >= 15 is 0 Å². The fourth-order valence-electron chi connectivity index (χ4n) is 2.21. The number of amides is 1. The zero-order chi connectivity index (χ0) is 15.0. The van der Waals surface area contributed by atoms with Crippen molar-refractivity contribution in [2.75, 3.05) is 6.54 Å². The summed E-state index contributed by atoms with van der Waals surface area (Å²) < 4.78 is 1.10. The molecule has 20 heavy (non-hydrogen) atoms. The van der Waals surface area contributed by atoms with E-state index < -0.39 is 34.8 Å². The molecule has 108 valence electrons. The summed E-state index contributed by atoms with van der Waals surface area (Å²) in [5.41, 5.74) is -2.04. The normalized spacial score (nSPS) is 18.0. The molecule has 0 radical (unpaired) electrons. The highest BCUT2D eigenvalue weighted by molar-refractivity contribution is 5.97. The van der Waals surface area contributed by atoms with Crippen LogP contribution in [0, 0.1) is 0 Å². The lowest BCUT2D eigenvalue weighted by atomic mass is 10.1. The lowest BCUT2D eigenvalue weighted by molar-refractivity contribution is -0.0123. The van der Waals surface area contributed by atoms with Crippen molar-refractivity contribution >= 4 is 11.9 Å². The second-order valence-corrected chi connectivity index (χ2v) is 4.51. The Morgan fingerprint density at radius 3 is 2.65 bits per heavy atom. The topological polar surface area (TPSA) is 120 Å². The summed E-state index contributed by atoms with van der Waals surface area (Å²) in [4.78, 5) is 35.9. The first-order chi connectivity index (χ1) is 9.38. The molecule has 0 saturated heterocycles. The number of carbonyl (C=O) groups excluding carboxylic acids is 1. The fourth-order valence-corrected chi connectivity index (χ4v) is 2.21. The number of aromatic nitrogens is 1. The molecule has 1 aromatic heterocycles. The summed E-state index contributed by atoms with van der Waals surface area (Å²) in [5.74, 6) is -3.10. The third kappa shape index (κ3) is 2.03. The maximum absolute atomic E-state index is 12.2. The van der Waals surface area contributed by atoms with Crippen LogP contribution in [0.4, 0.5) is 0 Å². The highest BCUT2D eigenvalue weighted by Gasteiger charge is 2.34. The van der Waals surface area contributed by atoms with Crippen LogP contribution in [0.15, 0.2) is 11.0 Å². The van der Waals surface area contributed by atoms with Gasteiger partial charge in [-0.05, 0) is 6.42 Å². The van der Waals surface area contributed by atoms with Crippen LogP contribution in [0.25, 0.3) is 0 Å². The minimum atomic E-state index is -1.50. The molecule has 0 fully saturated rings. The van der Waals surface area contributed by atoms with E-state index in [0.717, 1.165) is 15.7 Å². The molecule has 1 amide bonds. The maximum Gasteiger partial charge on any atom is 0.341 e. The van der Waals surface area contributed by atoms with E-state index in [9.17, 15) is 24.6 Å². The van der Waals surface area contributed by atoms with Gasteiger partial charge >= 0.3 is 5.97 Å². The predicted octanol–water partition coefficient (Wildman–Crippen LogP) is -0.564. The van der Waals surface area contributed by atoms with Gasteiger partial charge in [0.1, 0.15) is 11.8 Å². The molecule has 8 nitrogen and oxygen atoms in total. The van der Waals surface area contributed by atoms with E-state index in [-0.39, 0.29) is 18.8 Å². The SMILES string of the molecule is CCCN1C(=O)c2c(O)c(=O)c(C(=O)O)cn2CC1O. The summed E-state index contributed by atoms with van der Waals surface area (Å²) in [5, 5.41) is 28.6. The molecule has 1 aromatic rings. The molecule has 2 rings (SSSR count). The zero-order valence-corrected chi connectivity index (χ0v) is 10.7. The molecule has 1 aliphatic heterocycles. The largest absolute Gasteiger partial charge is 0.503 e. The molecular formula is C12H14N2O6. The molecule has 0 bridgehead atoms. The van der Waals surface area contributed by atoms with Gasteiger partial charge in [-0.1, -0.05) is 6.92 Å². The summed E-state index contributed by atoms with van der Waals surface area (Å²) in [6.07, 6.45) is 0.434. The number of aliphatic hydroxyl groups excluding tert-OH is 1. The van der Waals surface area contributed by atoms with Crippen LogP contribution in [0.3, 0.4) is 0 Å². The lowest BCUT2D eigenvalue weighted by Gasteiger charge is -2.34. The molecule has 0 spiro atoms. The van der Waals surface area contributed by atoms with Crippen LogP contribution in [0.1, 0.15) is 34.2 Å². The molecule has 8 heteroatoms. The van der Waals surface area contributed by atoms with E-state index in [2.05, 4.69) is 0 Å². The second kappa shape index (κ2) is 4.97. The Hall–Kier alpha value is -2.35. The quantitative estimate of drug-likeness (QED) is 0.683. The summed E-state index contributed by atoms with van der Waals surface area (Å²) in [7, 11) is 0. The van der Waals surface area contributed by atoms with Gasteiger partial charge in [-0.15, -0.1) is 0 Å². The predicted molar refractivity (Wildman–Crippen MR) is 66.7 cm³/mol. The smallest absolute Gasteiger partial charge is 0.341 e. The van der Waals surface area contributed by atoms with Crippen LogP contribution < -0.4 is 5.43 Å². The van der Waals surface area contributed by atoms with Crippen molar-refractivity contribution in [3.63, 3.8) is 0 Å². The Kier molecular flexibility index (Phi) is 3.49. The van der Waals surface area contributed by atoms with E-state index in [1.807, 2.05) is 6.92 Å². The highest BCUT2D eigenvalue weighted by atomic mass is 16.4. The number of aliphatic hydroxyl groups is 1. The zero-order valence-electron chi connectivity index (χ0n) is 10.7. The number of rotatable bonds is 3. The molecule has 0 aromatic carbocycles. The first-order valence-electron chi connectivity index (χ1n) is 6.07. The number of hydrogen-bond acceptors (Lipinski definition) is 5. The van der Waals surface area contributed by atoms with Crippen molar-refractivity contribution in [1.29, 1.82) is 0 Å². The molecular weight excluding hydrogens is 268 g/mol. The van der Waals surface area contributed by atoms with Gasteiger partial charge in [0.05, 0.1) is 6.54 Å². The highest BCUT2D eigenvalue weighted by Crippen LogP contribution is 2.22. The molecule has 2 heterocycles. The van der Waals surface area contributed by atoms with Gasteiger partial charge in [0, 0.05) is 12.7 Å². The average Bonchev–Trinajstić information content (AvgIpc) is 2.38. The van der Waals surface area contributed by atoms with Gasteiger partial charge in [0.15, 0.2) is 11.4 Å². The Morgan fingerprint density at radius 2 is 2.10 bits per heavy atom. The fraction of sp³-hybridized carbons (Fsp3) is 0.417. The number of carbonyl (C=O) groups is 2. The monoisotopic (exact) mass is 282 g/mol. The minimum absolute atomic E-state index is 0.102. The van der Waals surface area contributed by atoms with Gasteiger partial charge in [0.25, 0.3) is 5.91 Å². The van der Waals surface area contributed by atoms with Gasteiger partial charge in [-0.25, -0.2) is 4.79 Å².